The van der Waals surface area contributed by atoms with E-state index in [-0.39, 0.29) is 39.8 Å². The summed E-state index contributed by atoms with van der Waals surface area (Å²) in [6.45, 7) is -0.241. The predicted octanol–water partition coefficient (Wildman–Crippen LogP) is 3.32. The van der Waals surface area contributed by atoms with Crippen molar-refractivity contribution >= 4 is 37.4 Å². The Morgan fingerprint density at radius 1 is 1.17 bits per heavy atom. The van der Waals surface area contributed by atoms with Crippen molar-refractivity contribution in [2.24, 2.45) is 0 Å². The van der Waals surface area contributed by atoms with E-state index in [4.69, 9.17) is 0 Å². The molecule has 30 heavy (non-hydrogen) atoms. The molecule has 0 fully saturated rings. The lowest BCUT2D eigenvalue weighted by Crippen LogP contribution is -2.25. The van der Waals surface area contributed by atoms with Crippen LogP contribution in [0.25, 0.3) is 21.7 Å². The van der Waals surface area contributed by atoms with Gasteiger partial charge in [-0.15, -0.1) is 0 Å². The molecule has 4 aromatic rings. The van der Waals surface area contributed by atoms with Gasteiger partial charge in [-0.1, -0.05) is 0 Å². The fourth-order valence-electron chi connectivity index (χ4n) is 3.48. The normalized spacial score (nSPS) is 12.0. The number of aromatic hydroxyl groups is 2. The van der Waals surface area contributed by atoms with Gasteiger partial charge < -0.3 is 14.8 Å². The number of aromatic nitrogens is 2. The first-order valence-corrected chi connectivity index (χ1v) is 10.6. The Bertz CT molecular complexity index is 1420. The topological polar surface area (TPSA) is 95.7 Å². The predicted molar refractivity (Wildman–Crippen MR) is 109 cm³/mol. The maximum absolute atomic E-state index is 14.1. The minimum atomic E-state index is -3.70. The van der Waals surface area contributed by atoms with E-state index in [1.165, 1.54) is 24.0 Å². The number of phenolic OH excluding ortho intramolecular Hbond substituents is 1. The Morgan fingerprint density at radius 3 is 2.60 bits per heavy atom. The third-order valence-corrected chi connectivity index (χ3v) is 6.17. The number of hydrogen-bond donors (Lipinski definition) is 2. The number of sulfonamides is 1. The van der Waals surface area contributed by atoms with Gasteiger partial charge in [0.1, 0.15) is 17.2 Å². The van der Waals surface area contributed by atoms with Gasteiger partial charge in [-0.3, -0.25) is 9.29 Å². The molecule has 0 aliphatic carbocycles. The second kappa shape index (κ2) is 6.84. The van der Waals surface area contributed by atoms with Crippen LogP contribution >= 0.6 is 0 Å². The molecular weight excluding hydrogens is 416 g/mol. The van der Waals surface area contributed by atoms with Gasteiger partial charge in [-0.2, -0.15) is 0 Å². The Hall–Kier alpha value is -3.40. The van der Waals surface area contributed by atoms with E-state index in [9.17, 15) is 27.4 Å². The second-order valence-electron chi connectivity index (χ2n) is 6.93. The van der Waals surface area contributed by atoms with E-state index >= 15 is 0 Å². The summed E-state index contributed by atoms with van der Waals surface area (Å²) >= 11 is 0. The maximum Gasteiger partial charge on any atom is 0.232 e. The zero-order valence-corrected chi connectivity index (χ0v) is 16.8. The highest BCUT2D eigenvalue weighted by atomic mass is 32.2. The van der Waals surface area contributed by atoms with Gasteiger partial charge in [0.2, 0.25) is 15.9 Å². The molecule has 0 saturated heterocycles. The maximum atomic E-state index is 14.1. The third-order valence-electron chi connectivity index (χ3n) is 4.99. The van der Waals surface area contributed by atoms with Crippen LogP contribution < -0.4 is 4.31 Å². The monoisotopic (exact) mass is 433 g/mol. The fourth-order valence-corrected chi connectivity index (χ4v) is 4.01. The van der Waals surface area contributed by atoms with Crippen LogP contribution in [-0.4, -0.2) is 41.5 Å². The zero-order chi connectivity index (χ0) is 21.8. The van der Waals surface area contributed by atoms with Crippen molar-refractivity contribution in [2.75, 3.05) is 17.6 Å². The average molecular weight is 433 g/mol. The van der Waals surface area contributed by atoms with E-state index in [1.807, 2.05) is 0 Å². The largest absolute Gasteiger partial charge is 0.505 e. The van der Waals surface area contributed by atoms with Gasteiger partial charge in [0.05, 0.1) is 23.9 Å². The molecule has 0 aliphatic rings. The average Bonchev–Trinajstić information content (AvgIpc) is 3.00. The number of benzene rings is 2. The van der Waals surface area contributed by atoms with Crippen molar-refractivity contribution < 1.29 is 27.4 Å². The van der Waals surface area contributed by atoms with Crippen LogP contribution in [0.3, 0.4) is 0 Å². The van der Waals surface area contributed by atoms with E-state index < -0.39 is 27.5 Å². The number of phenols is 1. The van der Waals surface area contributed by atoms with Gasteiger partial charge in [0.15, 0.2) is 5.75 Å². The summed E-state index contributed by atoms with van der Waals surface area (Å²) in [6.07, 6.45) is 3.83. The molecule has 0 amide bonds. The van der Waals surface area contributed by atoms with Gasteiger partial charge in [-0.05, 0) is 30.3 Å². The molecule has 0 radical (unpaired) electrons. The van der Waals surface area contributed by atoms with Crippen LogP contribution in [0.1, 0.15) is 5.56 Å². The Kier molecular flexibility index (Phi) is 4.53. The number of halogens is 2. The number of anilines is 1. The summed E-state index contributed by atoms with van der Waals surface area (Å²) in [4.78, 5) is 4.11. The van der Waals surface area contributed by atoms with Gasteiger partial charge in [0.25, 0.3) is 0 Å². The van der Waals surface area contributed by atoms with Crippen molar-refractivity contribution in [3.8, 4) is 11.6 Å². The van der Waals surface area contributed by atoms with Crippen LogP contribution in [0.2, 0.25) is 0 Å². The molecular formula is C20H17F2N3O4S. The van der Waals surface area contributed by atoms with E-state index in [1.54, 1.807) is 12.1 Å². The molecule has 7 nitrogen and oxygen atoms in total. The molecule has 0 atom stereocenters. The second-order valence-corrected chi connectivity index (χ2v) is 8.95. The van der Waals surface area contributed by atoms with Crippen molar-refractivity contribution in [3.63, 3.8) is 0 Å². The molecule has 2 heterocycles. The lowest BCUT2D eigenvalue weighted by molar-refractivity contribution is 0.423. The highest BCUT2D eigenvalue weighted by Crippen LogP contribution is 2.46. The Morgan fingerprint density at radius 2 is 1.90 bits per heavy atom. The zero-order valence-electron chi connectivity index (χ0n) is 16.0. The highest BCUT2D eigenvalue weighted by Gasteiger charge is 2.26. The molecule has 156 valence electrons. The SMILES string of the molecule is CN(c1c2cccnc2c(O)c2c(O)n(Cc3cc(F)ccc3F)cc12)S(C)(=O)=O. The summed E-state index contributed by atoms with van der Waals surface area (Å²) in [6, 6.07) is 6.14. The van der Waals surface area contributed by atoms with E-state index in [0.29, 0.717) is 5.39 Å². The summed E-state index contributed by atoms with van der Waals surface area (Å²) in [5.41, 5.74) is 0.272. The molecule has 0 aliphatic heterocycles. The van der Waals surface area contributed by atoms with Crippen molar-refractivity contribution in [2.45, 2.75) is 6.54 Å². The number of pyridine rings is 1. The molecule has 2 N–H and O–H groups in total. The summed E-state index contributed by atoms with van der Waals surface area (Å²) in [7, 11) is -2.36. The molecule has 0 bridgehead atoms. The fraction of sp³-hybridized carbons (Fsp3) is 0.150. The van der Waals surface area contributed by atoms with Gasteiger partial charge in [0, 0.05) is 35.8 Å². The summed E-state index contributed by atoms with van der Waals surface area (Å²) in [5.74, 6) is -2.08. The van der Waals surface area contributed by atoms with Crippen LogP contribution in [0.5, 0.6) is 11.6 Å². The summed E-state index contributed by atoms with van der Waals surface area (Å²) in [5, 5.41) is 22.0. The molecule has 0 spiro atoms. The smallest absolute Gasteiger partial charge is 0.232 e. The first kappa shape index (κ1) is 19.9. The number of rotatable bonds is 4. The molecule has 2 aromatic carbocycles. The van der Waals surface area contributed by atoms with Crippen LogP contribution in [0.4, 0.5) is 14.5 Å². The van der Waals surface area contributed by atoms with Crippen LogP contribution in [0, 0.1) is 11.6 Å². The van der Waals surface area contributed by atoms with Crippen LogP contribution in [0.15, 0.2) is 42.7 Å². The minimum absolute atomic E-state index is 0.0224. The third kappa shape index (κ3) is 3.09. The van der Waals surface area contributed by atoms with E-state index in [0.717, 1.165) is 28.8 Å². The quantitative estimate of drug-likeness (QED) is 0.515. The van der Waals surface area contributed by atoms with Crippen molar-refractivity contribution in [1.82, 2.24) is 9.55 Å². The number of fused-ring (bicyclic) bond motifs is 2. The molecule has 10 heteroatoms. The number of nitrogens with zero attached hydrogens (tertiary/aromatic N) is 3. The molecule has 4 rings (SSSR count). The molecule has 2 aromatic heterocycles. The van der Waals surface area contributed by atoms with Crippen molar-refractivity contribution in [1.29, 1.82) is 0 Å². The highest BCUT2D eigenvalue weighted by molar-refractivity contribution is 7.92. The number of hydrogen-bond acceptors (Lipinski definition) is 5. The Balaban J connectivity index is 2.05. The lowest BCUT2D eigenvalue weighted by Gasteiger charge is -2.20. The van der Waals surface area contributed by atoms with Crippen molar-refractivity contribution in [3.05, 3.63) is 59.9 Å². The standard InChI is InChI=1S/C20H17F2N3O4S/c1-24(30(2,28)29)18-13-4-3-7-23-17(13)19(26)16-14(18)10-25(20(16)27)9-11-8-12(21)5-6-15(11)22/h3-8,10,26-27H,9H2,1-2H3. The lowest BCUT2D eigenvalue weighted by atomic mass is 10.1. The minimum Gasteiger partial charge on any atom is -0.505 e. The Labute approximate surface area is 170 Å². The van der Waals surface area contributed by atoms with E-state index in [2.05, 4.69) is 4.98 Å². The first-order chi connectivity index (χ1) is 14.1. The van der Waals surface area contributed by atoms with Crippen LogP contribution in [-0.2, 0) is 16.6 Å². The molecule has 0 unspecified atom stereocenters. The first-order valence-electron chi connectivity index (χ1n) is 8.79. The van der Waals surface area contributed by atoms with Gasteiger partial charge in [-0.25, -0.2) is 17.2 Å². The van der Waals surface area contributed by atoms with Gasteiger partial charge >= 0.3 is 0 Å². The summed E-state index contributed by atoms with van der Waals surface area (Å²) < 4.78 is 54.4. The molecule has 0 saturated carbocycles.